The molecule has 3 rings (SSSR count). The highest BCUT2D eigenvalue weighted by Gasteiger charge is 2.73. The molecule has 1 unspecified atom stereocenters. The van der Waals surface area contributed by atoms with E-state index in [1.165, 1.54) is 0 Å². The number of aryl methyl sites for hydroxylation is 1. The number of hydrogen-bond acceptors (Lipinski definition) is 2. The maximum Gasteiger partial charge on any atom is 0.435 e. The average Bonchev–Trinajstić information content (AvgIpc) is 2.65. The summed E-state index contributed by atoms with van der Waals surface area (Å²) in [5.41, 5.74) is -7.34. The highest BCUT2D eigenvalue weighted by molar-refractivity contribution is 7.91. The van der Waals surface area contributed by atoms with E-state index in [1.54, 1.807) is 0 Å². The Kier molecular flexibility index (Phi) is 5.41. The molecular formula is C19H14F8O2S. The zero-order valence-corrected chi connectivity index (χ0v) is 15.8. The second-order valence-corrected chi connectivity index (χ2v) is 9.08. The van der Waals surface area contributed by atoms with Crippen molar-refractivity contribution in [2.24, 2.45) is 0 Å². The monoisotopic (exact) mass is 458 g/mol. The minimum absolute atomic E-state index is 0.000948. The Bertz CT molecular complexity index is 1030. The molecule has 0 spiro atoms. The summed E-state index contributed by atoms with van der Waals surface area (Å²) in [7, 11) is -4.10. The van der Waals surface area contributed by atoms with E-state index >= 15 is 0 Å². The van der Waals surface area contributed by atoms with Crippen LogP contribution in [-0.4, -0.2) is 20.8 Å². The summed E-state index contributed by atoms with van der Waals surface area (Å²) in [6.45, 7) is 0. The van der Waals surface area contributed by atoms with Gasteiger partial charge >= 0.3 is 18.0 Å². The van der Waals surface area contributed by atoms with Crippen LogP contribution in [-0.2, 0) is 21.9 Å². The summed E-state index contributed by atoms with van der Waals surface area (Å²) in [6.07, 6.45) is -12.3. The lowest BCUT2D eigenvalue weighted by atomic mass is 9.85. The van der Waals surface area contributed by atoms with Gasteiger partial charge in [-0.15, -0.1) is 0 Å². The Balaban J connectivity index is 2.10. The van der Waals surface area contributed by atoms with Gasteiger partial charge in [-0.2, -0.15) is 26.3 Å². The van der Waals surface area contributed by atoms with Crippen molar-refractivity contribution < 1.29 is 43.5 Å². The Labute approximate surface area is 166 Å². The smallest absolute Gasteiger partial charge is 0.223 e. The first-order valence-electron chi connectivity index (χ1n) is 8.64. The number of rotatable bonds is 3. The summed E-state index contributed by atoms with van der Waals surface area (Å²) in [6, 6.07) is 5.43. The summed E-state index contributed by atoms with van der Waals surface area (Å²) in [4.78, 5) is -0.240. The molecule has 0 radical (unpaired) electrons. The molecule has 2 aromatic rings. The molecule has 1 aliphatic rings. The third kappa shape index (κ3) is 3.57. The fourth-order valence-electron chi connectivity index (χ4n) is 3.58. The van der Waals surface area contributed by atoms with Gasteiger partial charge in [-0.25, -0.2) is 17.2 Å². The molecule has 30 heavy (non-hydrogen) atoms. The first-order valence-corrected chi connectivity index (χ1v) is 10.2. The second kappa shape index (κ2) is 7.21. The molecule has 1 aliphatic carbocycles. The quantitative estimate of drug-likeness (QED) is 0.420. The van der Waals surface area contributed by atoms with Crippen LogP contribution in [0.4, 0.5) is 35.1 Å². The molecule has 0 bridgehead atoms. The van der Waals surface area contributed by atoms with Crippen LogP contribution >= 0.6 is 0 Å². The van der Waals surface area contributed by atoms with Crippen molar-refractivity contribution in [2.45, 2.75) is 47.4 Å². The van der Waals surface area contributed by atoms with Crippen molar-refractivity contribution in [3.63, 3.8) is 0 Å². The van der Waals surface area contributed by atoms with E-state index in [1.807, 2.05) is 0 Å². The normalized spacial score (nSPS) is 18.2. The van der Waals surface area contributed by atoms with Crippen LogP contribution in [0.2, 0.25) is 0 Å². The Morgan fingerprint density at radius 3 is 1.93 bits per heavy atom. The van der Waals surface area contributed by atoms with Crippen molar-refractivity contribution in [3.8, 4) is 0 Å². The van der Waals surface area contributed by atoms with Crippen LogP contribution in [0.3, 0.4) is 0 Å². The van der Waals surface area contributed by atoms with Crippen LogP contribution in [0.25, 0.3) is 0 Å². The molecule has 164 valence electrons. The molecule has 0 heterocycles. The van der Waals surface area contributed by atoms with Crippen LogP contribution in [0, 0.1) is 5.82 Å². The lowest BCUT2D eigenvalue weighted by Crippen LogP contribution is -2.50. The fraction of sp³-hybridized carbons (Fsp3) is 0.368. The van der Waals surface area contributed by atoms with Crippen LogP contribution < -0.4 is 0 Å². The van der Waals surface area contributed by atoms with Gasteiger partial charge in [-0.1, -0.05) is 18.2 Å². The molecule has 2 nitrogen and oxygen atoms in total. The van der Waals surface area contributed by atoms with Gasteiger partial charge in [0.25, 0.3) is 0 Å². The minimum atomic E-state index is -6.26. The average molecular weight is 458 g/mol. The standard InChI is InChI=1S/C19H14F8O2S/c20-13-5-7-14(8-6-13)30(28,29)16-3-1-2-11-10-12(4-9-15(11)16)17(21,18(22,23)24)19(25,26)27/h4-10,16H,1-3H2. The van der Waals surface area contributed by atoms with Gasteiger partial charge in [0.2, 0.25) is 0 Å². The van der Waals surface area contributed by atoms with E-state index < -0.39 is 44.5 Å². The summed E-state index contributed by atoms with van der Waals surface area (Å²) < 4.78 is 131. The zero-order chi connectivity index (χ0) is 22.5. The van der Waals surface area contributed by atoms with E-state index in [0.29, 0.717) is 12.1 Å². The number of fused-ring (bicyclic) bond motifs is 1. The first-order chi connectivity index (χ1) is 13.7. The van der Waals surface area contributed by atoms with E-state index in [-0.39, 0.29) is 35.3 Å². The van der Waals surface area contributed by atoms with Gasteiger partial charge in [0.05, 0.1) is 10.1 Å². The van der Waals surface area contributed by atoms with Gasteiger partial charge < -0.3 is 0 Å². The van der Waals surface area contributed by atoms with E-state index in [2.05, 4.69) is 0 Å². The lowest BCUT2D eigenvalue weighted by molar-refractivity contribution is -0.348. The highest BCUT2D eigenvalue weighted by atomic mass is 32.2. The summed E-state index contributed by atoms with van der Waals surface area (Å²) >= 11 is 0. The maximum absolute atomic E-state index is 14.3. The molecule has 0 aliphatic heterocycles. The molecule has 0 N–H and O–H groups in total. The number of sulfone groups is 1. The van der Waals surface area contributed by atoms with Gasteiger partial charge in [0.1, 0.15) is 5.82 Å². The van der Waals surface area contributed by atoms with Crippen molar-refractivity contribution in [3.05, 3.63) is 65.0 Å². The van der Waals surface area contributed by atoms with Crippen LogP contribution in [0.5, 0.6) is 0 Å². The topological polar surface area (TPSA) is 34.1 Å². The Hall–Kier alpha value is -2.17. The predicted octanol–water partition coefficient (Wildman–Crippen LogP) is 5.97. The van der Waals surface area contributed by atoms with Crippen molar-refractivity contribution in [1.29, 1.82) is 0 Å². The molecule has 0 amide bonds. The second-order valence-electron chi connectivity index (χ2n) is 6.95. The van der Waals surface area contributed by atoms with Crippen LogP contribution in [0.15, 0.2) is 47.4 Å². The van der Waals surface area contributed by atoms with E-state index in [4.69, 9.17) is 0 Å². The summed E-state index contributed by atoms with van der Waals surface area (Å²) in [5.74, 6) is -0.679. The number of halogens is 8. The van der Waals surface area contributed by atoms with Crippen molar-refractivity contribution in [1.82, 2.24) is 0 Å². The first kappa shape index (κ1) is 22.5. The van der Waals surface area contributed by atoms with Gasteiger partial charge in [-0.3, -0.25) is 0 Å². The number of alkyl halides is 7. The number of hydrogen-bond donors (Lipinski definition) is 0. The maximum atomic E-state index is 14.3. The van der Waals surface area contributed by atoms with Crippen molar-refractivity contribution >= 4 is 9.84 Å². The molecule has 0 saturated heterocycles. The number of benzene rings is 2. The molecule has 0 fully saturated rings. The molecule has 1 atom stereocenters. The zero-order valence-electron chi connectivity index (χ0n) is 15.0. The summed E-state index contributed by atoms with van der Waals surface area (Å²) in [5, 5.41) is -1.26. The Morgan fingerprint density at radius 1 is 0.833 bits per heavy atom. The van der Waals surface area contributed by atoms with Gasteiger partial charge in [-0.05, 0) is 54.7 Å². The molecule has 0 saturated carbocycles. The fourth-order valence-corrected chi connectivity index (χ4v) is 5.47. The molecule has 2 aromatic carbocycles. The van der Waals surface area contributed by atoms with Gasteiger partial charge in [0, 0.05) is 5.56 Å². The minimum Gasteiger partial charge on any atom is -0.223 e. The Morgan fingerprint density at radius 2 is 1.40 bits per heavy atom. The van der Waals surface area contributed by atoms with Gasteiger partial charge in [0.15, 0.2) is 9.84 Å². The largest absolute Gasteiger partial charge is 0.435 e. The third-order valence-electron chi connectivity index (χ3n) is 5.10. The molecule has 11 heteroatoms. The third-order valence-corrected chi connectivity index (χ3v) is 7.27. The SMILES string of the molecule is O=S(=O)(c1ccc(F)cc1)C1CCCc2cc(C(F)(C(F)(F)F)C(F)(F)F)ccc21. The molecule has 0 aromatic heterocycles. The molecular weight excluding hydrogens is 444 g/mol. The van der Waals surface area contributed by atoms with E-state index in [0.717, 1.165) is 30.3 Å². The van der Waals surface area contributed by atoms with Crippen molar-refractivity contribution in [2.75, 3.05) is 0 Å². The lowest BCUT2D eigenvalue weighted by Gasteiger charge is -2.32. The predicted molar refractivity (Wildman–Crippen MR) is 90.6 cm³/mol. The highest BCUT2D eigenvalue weighted by Crippen LogP contribution is 2.54. The van der Waals surface area contributed by atoms with Crippen LogP contribution in [0.1, 0.15) is 34.8 Å². The van der Waals surface area contributed by atoms with E-state index in [9.17, 15) is 43.5 Å².